The number of benzene rings is 1. The number of hydrogen-bond acceptors (Lipinski definition) is 4. The second kappa shape index (κ2) is 4.65. The van der Waals surface area contributed by atoms with Crippen LogP contribution in [-0.4, -0.2) is 10.2 Å². The van der Waals surface area contributed by atoms with E-state index in [0.29, 0.717) is 21.6 Å². The number of aromatic nitrogens is 2. The Morgan fingerprint density at radius 2 is 1.88 bits per heavy atom. The molecule has 0 amide bonds. The van der Waals surface area contributed by atoms with E-state index in [1.165, 1.54) is 0 Å². The molecule has 16 heavy (non-hydrogen) atoms. The number of nitrogens with zero attached hydrogens (tertiary/aromatic N) is 2. The zero-order valence-electron chi connectivity index (χ0n) is 8.11. The van der Waals surface area contributed by atoms with Crippen LogP contribution in [0.5, 0.6) is 0 Å². The summed E-state index contributed by atoms with van der Waals surface area (Å²) in [5, 5.41) is 9.02. The Kier molecular flexibility index (Phi) is 3.24. The standard InChI is InChI=1S/C10H8Cl2N4/c11-6-1-2-8(12)7(5-6)9-3-4-10(14-13)16-15-9/h1-5H,13H2,(H,14,16). The second-order valence-corrected chi connectivity index (χ2v) is 3.92. The molecule has 1 aromatic carbocycles. The molecule has 0 bridgehead atoms. The van der Waals surface area contributed by atoms with Crippen LogP contribution >= 0.6 is 23.2 Å². The van der Waals surface area contributed by atoms with E-state index in [4.69, 9.17) is 29.0 Å². The van der Waals surface area contributed by atoms with Gasteiger partial charge in [-0.1, -0.05) is 23.2 Å². The molecule has 1 heterocycles. The van der Waals surface area contributed by atoms with E-state index in [2.05, 4.69) is 15.6 Å². The lowest BCUT2D eigenvalue weighted by Crippen LogP contribution is -2.09. The van der Waals surface area contributed by atoms with Crippen LogP contribution in [0.15, 0.2) is 30.3 Å². The average molecular weight is 255 g/mol. The molecule has 0 aliphatic carbocycles. The molecule has 2 aromatic rings. The summed E-state index contributed by atoms with van der Waals surface area (Å²) < 4.78 is 0. The van der Waals surface area contributed by atoms with E-state index in [0.717, 1.165) is 5.56 Å². The van der Waals surface area contributed by atoms with Gasteiger partial charge in [0.2, 0.25) is 0 Å². The molecule has 3 N–H and O–H groups in total. The van der Waals surface area contributed by atoms with Gasteiger partial charge in [-0.15, -0.1) is 10.2 Å². The van der Waals surface area contributed by atoms with E-state index < -0.39 is 0 Å². The lowest BCUT2D eigenvalue weighted by molar-refractivity contribution is 1.03. The van der Waals surface area contributed by atoms with Gasteiger partial charge in [-0.25, -0.2) is 5.84 Å². The maximum atomic E-state index is 6.04. The minimum atomic E-state index is 0.488. The van der Waals surface area contributed by atoms with Crippen molar-refractivity contribution in [3.63, 3.8) is 0 Å². The normalized spacial score (nSPS) is 10.2. The molecule has 0 aliphatic heterocycles. The van der Waals surface area contributed by atoms with Crippen molar-refractivity contribution in [2.45, 2.75) is 0 Å². The Balaban J connectivity index is 2.45. The molecule has 82 valence electrons. The first-order valence-electron chi connectivity index (χ1n) is 4.46. The summed E-state index contributed by atoms with van der Waals surface area (Å²) >= 11 is 11.9. The minimum Gasteiger partial charge on any atom is -0.307 e. The van der Waals surface area contributed by atoms with E-state index >= 15 is 0 Å². The highest BCUT2D eigenvalue weighted by atomic mass is 35.5. The zero-order chi connectivity index (χ0) is 11.5. The SMILES string of the molecule is NNc1ccc(-c2cc(Cl)ccc2Cl)nn1. The summed E-state index contributed by atoms with van der Waals surface area (Å²) in [6, 6.07) is 8.65. The summed E-state index contributed by atoms with van der Waals surface area (Å²) in [6.07, 6.45) is 0. The van der Waals surface area contributed by atoms with E-state index in [1.807, 2.05) is 0 Å². The fourth-order valence-electron chi connectivity index (χ4n) is 1.25. The number of rotatable bonds is 2. The molecular weight excluding hydrogens is 247 g/mol. The largest absolute Gasteiger partial charge is 0.307 e. The molecule has 0 spiro atoms. The Morgan fingerprint density at radius 3 is 2.50 bits per heavy atom. The number of anilines is 1. The average Bonchev–Trinajstić information content (AvgIpc) is 2.32. The van der Waals surface area contributed by atoms with Crippen LogP contribution in [0.25, 0.3) is 11.3 Å². The lowest BCUT2D eigenvalue weighted by atomic mass is 10.1. The maximum Gasteiger partial charge on any atom is 0.162 e. The topological polar surface area (TPSA) is 63.8 Å². The van der Waals surface area contributed by atoms with E-state index in [-0.39, 0.29) is 0 Å². The number of nitrogens with one attached hydrogen (secondary N) is 1. The fourth-order valence-corrected chi connectivity index (χ4v) is 1.63. The molecule has 0 radical (unpaired) electrons. The smallest absolute Gasteiger partial charge is 0.162 e. The van der Waals surface area contributed by atoms with Crippen molar-refractivity contribution >= 4 is 29.0 Å². The van der Waals surface area contributed by atoms with Crippen molar-refractivity contribution in [1.82, 2.24) is 10.2 Å². The predicted octanol–water partition coefficient (Wildman–Crippen LogP) is 2.74. The first kappa shape index (κ1) is 11.1. The summed E-state index contributed by atoms with van der Waals surface area (Å²) in [5.41, 5.74) is 3.78. The first-order chi connectivity index (χ1) is 7.70. The summed E-state index contributed by atoms with van der Waals surface area (Å²) in [7, 11) is 0. The van der Waals surface area contributed by atoms with Crippen LogP contribution in [-0.2, 0) is 0 Å². The lowest BCUT2D eigenvalue weighted by Gasteiger charge is -2.04. The Hall–Kier alpha value is -1.36. The highest BCUT2D eigenvalue weighted by molar-refractivity contribution is 6.35. The van der Waals surface area contributed by atoms with Crippen LogP contribution in [0.1, 0.15) is 0 Å². The van der Waals surface area contributed by atoms with Gasteiger partial charge >= 0.3 is 0 Å². The summed E-state index contributed by atoms with van der Waals surface area (Å²) in [5.74, 6) is 5.68. The zero-order valence-corrected chi connectivity index (χ0v) is 9.63. The fraction of sp³-hybridized carbons (Fsp3) is 0. The minimum absolute atomic E-state index is 0.488. The third-order valence-electron chi connectivity index (χ3n) is 2.02. The van der Waals surface area contributed by atoms with Crippen molar-refractivity contribution in [2.24, 2.45) is 5.84 Å². The number of nitrogen functional groups attached to an aromatic ring is 1. The number of nitrogens with two attached hydrogens (primary N) is 1. The van der Waals surface area contributed by atoms with Gasteiger partial charge in [0.25, 0.3) is 0 Å². The Bertz CT molecular complexity index is 499. The first-order valence-corrected chi connectivity index (χ1v) is 5.22. The quantitative estimate of drug-likeness (QED) is 0.639. The molecule has 6 heteroatoms. The molecule has 1 aromatic heterocycles. The van der Waals surface area contributed by atoms with Gasteiger partial charge in [0.05, 0.1) is 10.7 Å². The molecule has 0 atom stereocenters. The molecule has 0 aliphatic rings. The van der Waals surface area contributed by atoms with E-state index in [1.54, 1.807) is 30.3 Å². The molecule has 0 fully saturated rings. The predicted molar refractivity (Wildman–Crippen MR) is 65.3 cm³/mol. The number of hydrogen-bond donors (Lipinski definition) is 2. The summed E-state index contributed by atoms with van der Waals surface area (Å²) in [6.45, 7) is 0. The highest BCUT2D eigenvalue weighted by Gasteiger charge is 2.06. The molecule has 0 saturated carbocycles. The Morgan fingerprint density at radius 1 is 1.06 bits per heavy atom. The summed E-state index contributed by atoms with van der Waals surface area (Å²) in [4.78, 5) is 0. The van der Waals surface area contributed by atoms with Gasteiger partial charge in [0, 0.05) is 10.6 Å². The third kappa shape index (κ3) is 2.24. The maximum absolute atomic E-state index is 6.04. The van der Waals surface area contributed by atoms with Crippen LogP contribution in [0.2, 0.25) is 10.0 Å². The Labute approximate surface area is 102 Å². The van der Waals surface area contributed by atoms with Crippen molar-refractivity contribution in [2.75, 3.05) is 5.43 Å². The van der Waals surface area contributed by atoms with Gasteiger partial charge in [-0.05, 0) is 30.3 Å². The molecule has 2 rings (SSSR count). The van der Waals surface area contributed by atoms with Crippen LogP contribution < -0.4 is 11.3 Å². The third-order valence-corrected chi connectivity index (χ3v) is 2.58. The number of halogens is 2. The number of hydrazine groups is 1. The van der Waals surface area contributed by atoms with Crippen molar-refractivity contribution in [3.05, 3.63) is 40.4 Å². The van der Waals surface area contributed by atoms with Gasteiger partial charge in [-0.3, -0.25) is 0 Å². The van der Waals surface area contributed by atoms with Gasteiger partial charge in [0.1, 0.15) is 0 Å². The molecule has 0 unspecified atom stereocenters. The van der Waals surface area contributed by atoms with Crippen molar-refractivity contribution < 1.29 is 0 Å². The van der Waals surface area contributed by atoms with Crippen LogP contribution in [0.4, 0.5) is 5.82 Å². The van der Waals surface area contributed by atoms with Gasteiger partial charge in [-0.2, -0.15) is 0 Å². The van der Waals surface area contributed by atoms with Gasteiger partial charge in [0.15, 0.2) is 5.82 Å². The van der Waals surface area contributed by atoms with Crippen molar-refractivity contribution in [1.29, 1.82) is 0 Å². The van der Waals surface area contributed by atoms with Gasteiger partial charge < -0.3 is 5.43 Å². The van der Waals surface area contributed by atoms with Crippen LogP contribution in [0, 0.1) is 0 Å². The molecular formula is C10H8Cl2N4. The molecule has 0 saturated heterocycles. The second-order valence-electron chi connectivity index (χ2n) is 3.07. The van der Waals surface area contributed by atoms with Crippen molar-refractivity contribution in [3.8, 4) is 11.3 Å². The van der Waals surface area contributed by atoms with Crippen LogP contribution in [0.3, 0.4) is 0 Å². The van der Waals surface area contributed by atoms with E-state index in [9.17, 15) is 0 Å². The monoisotopic (exact) mass is 254 g/mol. The molecule has 4 nitrogen and oxygen atoms in total. The highest BCUT2D eigenvalue weighted by Crippen LogP contribution is 2.28.